The number of methoxy groups -OCH3 is 2. The van der Waals surface area contributed by atoms with E-state index in [2.05, 4.69) is 15.3 Å². The van der Waals surface area contributed by atoms with Crippen LogP contribution in [0.25, 0.3) is 0 Å². The van der Waals surface area contributed by atoms with Crippen molar-refractivity contribution in [3.05, 3.63) is 6.07 Å². The Balaban J connectivity index is 2.98. The third-order valence-corrected chi connectivity index (χ3v) is 4.00. The molecule has 11 nitrogen and oxygen atoms in total. The zero-order chi connectivity index (χ0) is 23.4. The monoisotopic (exact) mass is 441 g/mol. The minimum atomic E-state index is -1.04. The standard InChI is InChI=1S/C20H31N3O8/c1-7-29-16(24)10-9-13(19(26)30-8-2)21-18(25)17(12(3)4)31-20-22-14(27-5)11-15(23-20)28-6/h11-13,17H,7-10H2,1-6H3,(H,21,25)/t13-,17?/m0/s1. The second kappa shape index (κ2) is 13.2. The van der Waals surface area contributed by atoms with E-state index >= 15 is 0 Å². The van der Waals surface area contributed by atoms with Crippen LogP contribution in [0, 0.1) is 5.92 Å². The Bertz CT molecular complexity index is 719. The van der Waals surface area contributed by atoms with Crippen molar-refractivity contribution in [1.29, 1.82) is 0 Å². The van der Waals surface area contributed by atoms with Crippen LogP contribution in [0.2, 0.25) is 0 Å². The normalized spacial score (nSPS) is 12.5. The van der Waals surface area contributed by atoms with Gasteiger partial charge in [-0.15, -0.1) is 0 Å². The van der Waals surface area contributed by atoms with Crippen molar-refractivity contribution in [1.82, 2.24) is 15.3 Å². The molecule has 0 aliphatic carbocycles. The molecule has 1 aromatic heterocycles. The molecule has 0 fully saturated rings. The fourth-order valence-electron chi connectivity index (χ4n) is 2.49. The number of carbonyl (C=O) groups excluding carboxylic acids is 3. The summed E-state index contributed by atoms with van der Waals surface area (Å²) >= 11 is 0. The van der Waals surface area contributed by atoms with Crippen LogP contribution < -0.4 is 19.5 Å². The lowest BCUT2D eigenvalue weighted by atomic mass is 10.1. The molecule has 0 saturated heterocycles. The van der Waals surface area contributed by atoms with E-state index < -0.39 is 30.0 Å². The van der Waals surface area contributed by atoms with E-state index in [1.807, 2.05) is 0 Å². The largest absolute Gasteiger partial charge is 0.481 e. The molecule has 0 spiro atoms. The van der Waals surface area contributed by atoms with E-state index in [1.54, 1.807) is 27.7 Å². The van der Waals surface area contributed by atoms with Gasteiger partial charge in [0.25, 0.3) is 5.91 Å². The lowest BCUT2D eigenvalue weighted by molar-refractivity contribution is -0.150. The van der Waals surface area contributed by atoms with E-state index in [9.17, 15) is 14.4 Å². The number of amides is 1. The van der Waals surface area contributed by atoms with Gasteiger partial charge < -0.3 is 29.0 Å². The Morgan fingerprint density at radius 3 is 2.06 bits per heavy atom. The molecule has 1 unspecified atom stereocenters. The summed E-state index contributed by atoms with van der Waals surface area (Å²) in [6.45, 7) is 7.21. The predicted octanol–water partition coefficient (Wildman–Crippen LogP) is 1.29. The van der Waals surface area contributed by atoms with Crippen molar-refractivity contribution < 1.29 is 38.1 Å². The van der Waals surface area contributed by atoms with Gasteiger partial charge in [-0.3, -0.25) is 9.59 Å². The number of ether oxygens (including phenoxy) is 5. The molecule has 1 heterocycles. The van der Waals surface area contributed by atoms with Crippen molar-refractivity contribution in [3.8, 4) is 17.8 Å². The lowest BCUT2D eigenvalue weighted by Crippen LogP contribution is -2.49. The summed E-state index contributed by atoms with van der Waals surface area (Å²) in [4.78, 5) is 45.0. The number of rotatable bonds is 13. The Morgan fingerprint density at radius 2 is 1.58 bits per heavy atom. The summed E-state index contributed by atoms with van der Waals surface area (Å²) in [7, 11) is 2.84. The molecule has 174 valence electrons. The number of nitrogens with one attached hydrogen (secondary N) is 1. The minimum Gasteiger partial charge on any atom is -0.481 e. The molecule has 0 radical (unpaired) electrons. The highest BCUT2D eigenvalue weighted by molar-refractivity contribution is 5.87. The van der Waals surface area contributed by atoms with Crippen LogP contribution in [0.4, 0.5) is 0 Å². The van der Waals surface area contributed by atoms with Crippen LogP contribution in [0.15, 0.2) is 6.07 Å². The Hall–Kier alpha value is -3.11. The molecular formula is C20H31N3O8. The smallest absolute Gasteiger partial charge is 0.328 e. The van der Waals surface area contributed by atoms with Gasteiger partial charge in [0.2, 0.25) is 11.8 Å². The second-order valence-electron chi connectivity index (χ2n) is 6.67. The molecule has 1 amide bonds. The van der Waals surface area contributed by atoms with Crippen molar-refractivity contribution in [3.63, 3.8) is 0 Å². The fourth-order valence-corrected chi connectivity index (χ4v) is 2.49. The maximum absolute atomic E-state index is 12.9. The van der Waals surface area contributed by atoms with Gasteiger partial charge in [0, 0.05) is 6.42 Å². The SMILES string of the molecule is CCOC(=O)CC[C@H](NC(=O)C(Oc1nc(OC)cc(OC)n1)C(C)C)C(=O)OCC. The van der Waals surface area contributed by atoms with Crippen molar-refractivity contribution in [2.75, 3.05) is 27.4 Å². The molecule has 1 aromatic rings. The number of nitrogens with zero attached hydrogens (tertiary/aromatic N) is 2. The molecular weight excluding hydrogens is 410 g/mol. The summed E-state index contributed by atoms with van der Waals surface area (Å²) in [6, 6.07) is 0.301. The predicted molar refractivity (Wildman–Crippen MR) is 109 cm³/mol. The number of aromatic nitrogens is 2. The molecule has 2 atom stereocenters. The maximum atomic E-state index is 12.9. The first-order valence-corrected chi connectivity index (χ1v) is 10.0. The highest BCUT2D eigenvalue weighted by Crippen LogP contribution is 2.21. The van der Waals surface area contributed by atoms with E-state index in [0.717, 1.165) is 0 Å². The first-order valence-electron chi connectivity index (χ1n) is 10.0. The van der Waals surface area contributed by atoms with Gasteiger partial charge in [0.15, 0.2) is 6.10 Å². The van der Waals surface area contributed by atoms with Crippen LogP contribution in [0.3, 0.4) is 0 Å². The van der Waals surface area contributed by atoms with Gasteiger partial charge in [-0.1, -0.05) is 13.8 Å². The molecule has 1 N–H and O–H groups in total. The van der Waals surface area contributed by atoms with Gasteiger partial charge in [0.1, 0.15) is 6.04 Å². The van der Waals surface area contributed by atoms with Gasteiger partial charge in [-0.25, -0.2) is 4.79 Å². The average Bonchev–Trinajstić information content (AvgIpc) is 2.74. The van der Waals surface area contributed by atoms with Crippen LogP contribution >= 0.6 is 0 Å². The zero-order valence-electron chi connectivity index (χ0n) is 18.8. The van der Waals surface area contributed by atoms with Crippen molar-refractivity contribution in [2.24, 2.45) is 5.92 Å². The summed E-state index contributed by atoms with van der Waals surface area (Å²) in [5, 5.41) is 2.59. The molecule has 11 heteroatoms. The number of hydrogen-bond donors (Lipinski definition) is 1. The summed E-state index contributed by atoms with van der Waals surface area (Å²) < 4.78 is 25.7. The number of carbonyl (C=O) groups is 3. The van der Waals surface area contributed by atoms with E-state index in [-0.39, 0.29) is 49.7 Å². The van der Waals surface area contributed by atoms with Crippen LogP contribution in [0.5, 0.6) is 17.8 Å². The Labute approximate surface area is 181 Å². The fraction of sp³-hybridized carbons (Fsp3) is 0.650. The molecule has 0 bridgehead atoms. The summed E-state index contributed by atoms with van der Waals surface area (Å²) in [5.41, 5.74) is 0. The van der Waals surface area contributed by atoms with Gasteiger partial charge in [-0.05, 0) is 26.2 Å². The highest BCUT2D eigenvalue weighted by Gasteiger charge is 2.31. The summed E-state index contributed by atoms with van der Waals surface area (Å²) in [5.74, 6) is -1.61. The molecule has 31 heavy (non-hydrogen) atoms. The molecule has 0 aromatic carbocycles. The van der Waals surface area contributed by atoms with Gasteiger partial charge >= 0.3 is 17.9 Å². The van der Waals surface area contributed by atoms with E-state index in [4.69, 9.17) is 23.7 Å². The first-order chi connectivity index (χ1) is 14.7. The third kappa shape index (κ3) is 8.65. The summed E-state index contributed by atoms with van der Waals surface area (Å²) in [6.07, 6.45) is -1.06. The highest BCUT2D eigenvalue weighted by atomic mass is 16.5. The number of esters is 2. The van der Waals surface area contributed by atoms with Gasteiger partial charge in [-0.2, -0.15) is 9.97 Å². The lowest BCUT2D eigenvalue weighted by Gasteiger charge is -2.24. The number of hydrogen-bond acceptors (Lipinski definition) is 10. The topological polar surface area (TPSA) is 135 Å². The first kappa shape index (κ1) is 25.9. The molecule has 0 aliphatic rings. The quantitative estimate of drug-likeness (QED) is 0.446. The van der Waals surface area contributed by atoms with Crippen molar-refractivity contribution >= 4 is 17.8 Å². The maximum Gasteiger partial charge on any atom is 0.328 e. The van der Waals surface area contributed by atoms with Gasteiger partial charge in [0.05, 0.1) is 33.5 Å². The van der Waals surface area contributed by atoms with E-state index in [1.165, 1.54) is 20.3 Å². The Kier molecular flexibility index (Phi) is 11.1. The zero-order valence-corrected chi connectivity index (χ0v) is 18.8. The van der Waals surface area contributed by atoms with Crippen LogP contribution in [-0.4, -0.2) is 67.4 Å². The van der Waals surface area contributed by atoms with Crippen LogP contribution in [-0.2, 0) is 23.9 Å². The molecule has 1 rings (SSSR count). The average molecular weight is 441 g/mol. The minimum absolute atomic E-state index is 0.0255. The van der Waals surface area contributed by atoms with E-state index in [0.29, 0.717) is 0 Å². The second-order valence-corrected chi connectivity index (χ2v) is 6.67. The molecule has 0 aliphatic heterocycles. The third-order valence-electron chi connectivity index (χ3n) is 4.00. The Morgan fingerprint density at radius 1 is 1.00 bits per heavy atom. The van der Waals surface area contributed by atoms with Crippen molar-refractivity contribution in [2.45, 2.75) is 52.7 Å². The van der Waals surface area contributed by atoms with Crippen LogP contribution in [0.1, 0.15) is 40.5 Å². The molecule has 0 saturated carbocycles.